The van der Waals surface area contributed by atoms with Crippen LogP contribution in [0.5, 0.6) is 0 Å². The Kier molecular flexibility index (Phi) is 6.86. The zero-order valence-corrected chi connectivity index (χ0v) is 29.6. The molecule has 53 heavy (non-hydrogen) atoms. The van der Waals surface area contributed by atoms with E-state index in [0.717, 1.165) is 34.9 Å². The first-order chi connectivity index (χ1) is 26.2. The standard InChI is InChI=1S/C49H31N3S/c1-3-13-31(14-4-1)47-50-48(32-15-5-2-6-16-32)52-49(51-47)37-24-25-38-35(26-37)19-11-21-40(38)41-28-36-23-22-30-12-9-10-20-39(30)44(36)46-45(41)42-27-33-17-7-8-18-34(33)29-43(42)53-46/h1-9,11-19,21-29H,10,20H2. The molecule has 3 nitrogen and oxygen atoms in total. The van der Waals surface area contributed by atoms with Crippen molar-refractivity contribution in [3.63, 3.8) is 0 Å². The molecule has 0 amide bonds. The van der Waals surface area contributed by atoms with Gasteiger partial charge in [0.15, 0.2) is 17.5 Å². The van der Waals surface area contributed by atoms with Crippen LogP contribution >= 0.6 is 11.3 Å². The van der Waals surface area contributed by atoms with Crippen molar-refractivity contribution < 1.29 is 0 Å². The number of rotatable bonds is 4. The average molecular weight is 694 g/mol. The molecule has 0 radical (unpaired) electrons. The number of aryl methyl sites for hydroxylation is 1. The minimum absolute atomic E-state index is 0.660. The molecular weight excluding hydrogens is 663 g/mol. The predicted molar refractivity (Wildman–Crippen MR) is 224 cm³/mol. The molecule has 1 aliphatic carbocycles. The lowest BCUT2D eigenvalue weighted by Gasteiger charge is -2.17. The number of nitrogens with zero attached hydrogens (tertiary/aromatic N) is 3. The third kappa shape index (κ3) is 4.98. The van der Waals surface area contributed by atoms with Gasteiger partial charge in [-0.1, -0.05) is 140 Å². The minimum Gasteiger partial charge on any atom is -0.208 e. The Morgan fingerprint density at radius 1 is 0.453 bits per heavy atom. The molecule has 0 spiro atoms. The zero-order chi connectivity index (χ0) is 34.9. The molecule has 2 heterocycles. The van der Waals surface area contributed by atoms with Crippen LogP contribution in [-0.2, 0) is 6.42 Å². The summed E-state index contributed by atoms with van der Waals surface area (Å²) in [6.45, 7) is 0. The van der Waals surface area contributed by atoms with Crippen molar-refractivity contribution in [2.75, 3.05) is 0 Å². The molecule has 0 saturated heterocycles. The van der Waals surface area contributed by atoms with Crippen LogP contribution < -0.4 is 0 Å². The average Bonchev–Trinajstić information content (AvgIpc) is 3.60. The Balaban J connectivity index is 1.14. The number of thiophene rings is 1. The van der Waals surface area contributed by atoms with Crippen LogP contribution in [0.4, 0.5) is 0 Å². The predicted octanol–water partition coefficient (Wildman–Crippen LogP) is 13.3. The van der Waals surface area contributed by atoms with Crippen molar-refractivity contribution >= 4 is 69.9 Å². The Hall–Kier alpha value is -6.49. The summed E-state index contributed by atoms with van der Waals surface area (Å²) in [6.07, 6.45) is 6.76. The van der Waals surface area contributed by atoms with Gasteiger partial charge in [-0.3, -0.25) is 0 Å². The summed E-state index contributed by atoms with van der Waals surface area (Å²) in [7, 11) is 0. The highest BCUT2D eigenvalue weighted by molar-refractivity contribution is 7.27. The highest BCUT2D eigenvalue weighted by atomic mass is 32.1. The van der Waals surface area contributed by atoms with E-state index in [1.165, 1.54) is 69.4 Å². The van der Waals surface area contributed by atoms with Gasteiger partial charge in [0.25, 0.3) is 0 Å². The molecule has 0 saturated carbocycles. The number of fused-ring (bicyclic) bond motifs is 9. The van der Waals surface area contributed by atoms with Crippen molar-refractivity contribution in [2.24, 2.45) is 0 Å². The summed E-state index contributed by atoms with van der Waals surface area (Å²) in [5.74, 6) is 1.99. The van der Waals surface area contributed by atoms with Crippen molar-refractivity contribution in [3.8, 4) is 45.3 Å². The number of hydrogen-bond donors (Lipinski definition) is 0. The monoisotopic (exact) mass is 693 g/mol. The van der Waals surface area contributed by atoms with E-state index in [-0.39, 0.29) is 0 Å². The second kappa shape index (κ2) is 12.0. The van der Waals surface area contributed by atoms with Crippen LogP contribution in [0.25, 0.3) is 104 Å². The van der Waals surface area contributed by atoms with Crippen LogP contribution in [-0.4, -0.2) is 15.0 Å². The maximum atomic E-state index is 5.02. The third-order valence-corrected chi connectivity index (χ3v) is 11.9. The molecule has 2 aromatic heterocycles. The summed E-state index contributed by atoms with van der Waals surface area (Å²) in [6, 6.07) is 54.3. The van der Waals surface area contributed by atoms with Gasteiger partial charge in [0.2, 0.25) is 0 Å². The van der Waals surface area contributed by atoms with Crippen molar-refractivity contribution in [1.82, 2.24) is 15.0 Å². The summed E-state index contributed by atoms with van der Waals surface area (Å²) in [5, 5.41) is 10.3. The number of allylic oxidation sites excluding steroid dienone is 1. The molecule has 11 rings (SSSR count). The molecule has 4 heteroatoms. The molecule has 10 aromatic rings. The van der Waals surface area contributed by atoms with E-state index in [2.05, 4.69) is 103 Å². The fraction of sp³-hybridized carbons (Fsp3) is 0.0408. The Labute approximate surface area is 310 Å². The maximum absolute atomic E-state index is 5.02. The minimum atomic E-state index is 0.660. The fourth-order valence-corrected chi connectivity index (χ4v) is 9.54. The van der Waals surface area contributed by atoms with E-state index in [1.54, 1.807) is 0 Å². The van der Waals surface area contributed by atoms with Crippen LogP contribution in [0.1, 0.15) is 17.5 Å². The van der Waals surface area contributed by atoms with Gasteiger partial charge in [-0.15, -0.1) is 11.3 Å². The number of hydrogen-bond acceptors (Lipinski definition) is 4. The lowest BCUT2D eigenvalue weighted by molar-refractivity contribution is 0.998. The van der Waals surface area contributed by atoms with Crippen LogP contribution in [0, 0.1) is 0 Å². The summed E-state index contributed by atoms with van der Waals surface area (Å²) >= 11 is 1.95. The highest BCUT2D eigenvalue weighted by Gasteiger charge is 2.21. The second-order valence-corrected chi connectivity index (χ2v) is 14.9. The van der Waals surface area contributed by atoms with E-state index < -0.39 is 0 Å². The number of aromatic nitrogens is 3. The largest absolute Gasteiger partial charge is 0.208 e. The molecule has 8 aromatic carbocycles. The van der Waals surface area contributed by atoms with Gasteiger partial charge in [0.1, 0.15) is 0 Å². The highest BCUT2D eigenvalue weighted by Crippen LogP contribution is 2.48. The number of benzene rings is 8. The fourth-order valence-electron chi connectivity index (χ4n) is 8.20. The van der Waals surface area contributed by atoms with Gasteiger partial charge < -0.3 is 0 Å². The first-order valence-electron chi connectivity index (χ1n) is 18.2. The second-order valence-electron chi connectivity index (χ2n) is 13.9. The molecular formula is C49H31N3S. The summed E-state index contributed by atoms with van der Waals surface area (Å²) in [5.41, 5.74) is 8.22. The molecule has 0 fully saturated rings. The van der Waals surface area contributed by atoms with E-state index >= 15 is 0 Å². The van der Waals surface area contributed by atoms with Gasteiger partial charge in [-0.05, 0) is 86.3 Å². The van der Waals surface area contributed by atoms with E-state index in [1.807, 2.05) is 72.0 Å². The third-order valence-electron chi connectivity index (χ3n) is 10.7. The van der Waals surface area contributed by atoms with Crippen LogP contribution in [0.15, 0.2) is 158 Å². The molecule has 0 aliphatic heterocycles. The Morgan fingerprint density at radius 3 is 1.89 bits per heavy atom. The van der Waals surface area contributed by atoms with Gasteiger partial charge in [-0.2, -0.15) is 0 Å². The van der Waals surface area contributed by atoms with Crippen LogP contribution in [0.2, 0.25) is 0 Å². The van der Waals surface area contributed by atoms with Crippen molar-refractivity contribution in [3.05, 3.63) is 169 Å². The Morgan fingerprint density at radius 2 is 1.13 bits per heavy atom. The SMILES string of the molecule is C1=Cc2ccc3cc(-c4cccc5cc(-c6nc(-c7ccccc7)nc(-c7ccccc7)n6)ccc45)c4c5cc6ccccc6cc5sc4c3c2CC1. The molecule has 0 N–H and O–H groups in total. The van der Waals surface area contributed by atoms with Crippen molar-refractivity contribution in [2.45, 2.75) is 12.8 Å². The summed E-state index contributed by atoms with van der Waals surface area (Å²) in [4.78, 5) is 15.0. The summed E-state index contributed by atoms with van der Waals surface area (Å²) < 4.78 is 2.72. The maximum Gasteiger partial charge on any atom is 0.164 e. The topological polar surface area (TPSA) is 38.7 Å². The Bertz CT molecular complexity index is 3050. The van der Waals surface area contributed by atoms with E-state index in [9.17, 15) is 0 Å². The lowest BCUT2D eigenvalue weighted by Crippen LogP contribution is -2.00. The first-order valence-corrected chi connectivity index (χ1v) is 19.0. The zero-order valence-electron chi connectivity index (χ0n) is 28.8. The quantitative estimate of drug-likeness (QED) is 0.184. The van der Waals surface area contributed by atoms with Gasteiger partial charge in [0.05, 0.1) is 0 Å². The van der Waals surface area contributed by atoms with Gasteiger partial charge >= 0.3 is 0 Å². The normalized spacial score (nSPS) is 12.7. The van der Waals surface area contributed by atoms with Gasteiger partial charge in [0, 0.05) is 42.2 Å². The molecule has 0 unspecified atom stereocenters. The van der Waals surface area contributed by atoms with Gasteiger partial charge in [-0.25, -0.2) is 15.0 Å². The first kappa shape index (κ1) is 30.2. The molecule has 248 valence electrons. The molecule has 0 atom stereocenters. The molecule has 0 bridgehead atoms. The van der Waals surface area contributed by atoms with E-state index in [4.69, 9.17) is 15.0 Å². The smallest absolute Gasteiger partial charge is 0.164 e. The van der Waals surface area contributed by atoms with E-state index in [0.29, 0.717) is 17.5 Å². The lowest BCUT2D eigenvalue weighted by atomic mass is 9.87. The van der Waals surface area contributed by atoms with Crippen molar-refractivity contribution in [1.29, 1.82) is 0 Å². The molecule has 1 aliphatic rings. The van der Waals surface area contributed by atoms with Crippen LogP contribution in [0.3, 0.4) is 0 Å².